The molecule has 0 saturated carbocycles. The van der Waals surface area contributed by atoms with Crippen LogP contribution in [0.1, 0.15) is 35.7 Å². The minimum Gasteiger partial charge on any atom is -0.362 e. The Morgan fingerprint density at radius 1 is 1.08 bits per heavy atom. The van der Waals surface area contributed by atoms with Crippen molar-refractivity contribution in [3.63, 3.8) is 0 Å². The number of amides is 3. The van der Waals surface area contributed by atoms with Crippen molar-refractivity contribution in [2.45, 2.75) is 26.7 Å². The second-order valence-corrected chi connectivity index (χ2v) is 9.20. The molecule has 190 valence electrons. The summed E-state index contributed by atoms with van der Waals surface area (Å²) in [6.07, 6.45) is 2.91. The molecule has 11 heteroatoms. The molecule has 2 aliphatic rings. The summed E-state index contributed by atoms with van der Waals surface area (Å²) in [5.74, 6) is -0.441. The molecular formula is C25H30N6O5. The molecule has 3 amide bonds. The molecule has 3 heterocycles. The van der Waals surface area contributed by atoms with Crippen LogP contribution >= 0.6 is 0 Å². The minimum absolute atomic E-state index is 0.0197. The Balaban J connectivity index is 1.46. The fraction of sp³-hybridized carbons (Fsp3) is 0.440. The van der Waals surface area contributed by atoms with E-state index < -0.39 is 10.8 Å². The number of aromatic nitrogens is 1. The van der Waals surface area contributed by atoms with Crippen molar-refractivity contribution in [1.82, 2.24) is 14.8 Å². The highest BCUT2D eigenvalue weighted by atomic mass is 16.6. The van der Waals surface area contributed by atoms with Gasteiger partial charge in [0.15, 0.2) is 0 Å². The van der Waals surface area contributed by atoms with E-state index in [1.54, 1.807) is 34.2 Å². The number of nitro benzene ring substituents is 1. The van der Waals surface area contributed by atoms with Crippen LogP contribution in [0, 0.1) is 23.0 Å². The number of carbonyl (C=O) groups is 3. The van der Waals surface area contributed by atoms with Crippen molar-refractivity contribution in [3.8, 4) is 0 Å². The zero-order valence-corrected chi connectivity index (χ0v) is 20.5. The van der Waals surface area contributed by atoms with Gasteiger partial charge in [0, 0.05) is 64.0 Å². The third-order valence-electron chi connectivity index (χ3n) is 6.82. The molecule has 1 aromatic carbocycles. The van der Waals surface area contributed by atoms with E-state index in [0.717, 1.165) is 5.56 Å². The summed E-state index contributed by atoms with van der Waals surface area (Å²) in [6, 6.07) is 8.17. The number of aryl methyl sites for hydroxylation is 1. The molecule has 2 fully saturated rings. The van der Waals surface area contributed by atoms with E-state index in [-0.39, 0.29) is 35.5 Å². The Morgan fingerprint density at radius 3 is 2.50 bits per heavy atom. The van der Waals surface area contributed by atoms with Crippen molar-refractivity contribution in [2.75, 3.05) is 49.5 Å². The number of nitrogens with one attached hydrogen (secondary N) is 1. The van der Waals surface area contributed by atoms with Crippen molar-refractivity contribution >= 4 is 34.9 Å². The van der Waals surface area contributed by atoms with Crippen LogP contribution in [0.5, 0.6) is 0 Å². The van der Waals surface area contributed by atoms with E-state index in [2.05, 4.69) is 10.3 Å². The number of piperidine rings is 1. The Hall–Kier alpha value is -4.02. The van der Waals surface area contributed by atoms with Gasteiger partial charge < -0.3 is 20.0 Å². The molecule has 11 nitrogen and oxygen atoms in total. The Kier molecular flexibility index (Phi) is 7.47. The number of anilines is 2. The van der Waals surface area contributed by atoms with Crippen LogP contribution in [0.4, 0.5) is 17.2 Å². The maximum absolute atomic E-state index is 13.3. The van der Waals surface area contributed by atoms with Crippen molar-refractivity contribution in [2.24, 2.45) is 5.92 Å². The molecule has 1 unspecified atom stereocenters. The van der Waals surface area contributed by atoms with Gasteiger partial charge in [-0.15, -0.1) is 0 Å². The molecule has 1 aromatic heterocycles. The van der Waals surface area contributed by atoms with Crippen LogP contribution in [0.3, 0.4) is 0 Å². The zero-order chi connectivity index (χ0) is 25.8. The second kappa shape index (κ2) is 10.7. The number of benzene rings is 1. The summed E-state index contributed by atoms with van der Waals surface area (Å²) in [5, 5.41) is 14.7. The van der Waals surface area contributed by atoms with Gasteiger partial charge in [-0.2, -0.15) is 0 Å². The number of hydrogen-bond acceptors (Lipinski definition) is 7. The van der Waals surface area contributed by atoms with Crippen molar-refractivity contribution in [3.05, 3.63) is 57.8 Å². The standard InChI is InChI=1S/C25H30N6O5/c1-17-5-3-9-26-23(17)27-24(33)20-6-4-10-30(16-20)25(34)19-7-8-21(22(15-19)31(35)36)29-13-11-28(12-14-29)18(2)32/h3,5,7-9,15,20H,4,6,10-14,16H2,1-2H3,(H,26,27,33). The van der Waals surface area contributed by atoms with E-state index in [9.17, 15) is 24.5 Å². The van der Waals surface area contributed by atoms with Crippen LogP contribution in [-0.4, -0.2) is 76.7 Å². The van der Waals surface area contributed by atoms with Crippen LogP contribution < -0.4 is 10.2 Å². The van der Waals surface area contributed by atoms with Crippen LogP contribution in [0.15, 0.2) is 36.5 Å². The number of hydrogen-bond donors (Lipinski definition) is 1. The van der Waals surface area contributed by atoms with Crippen molar-refractivity contribution < 1.29 is 19.3 Å². The zero-order valence-electron chi connectivity index (χ0n) is 20.5. The van der Waals surface area contributed by atoms with Gasteiger partial charge in [-0.05, 0) is 43.5 Å². The van der Waals surface area contributed by atoms with Gasteiger partial charge in [-0.3, -0.25) is 24.5 Å². The lowest BCUT2D eigenvalue weighted by atomic mass is 9.96. The van der Waals surface area contributed by atoms with Gasteiger partial charge in [0.05, 0.1) is 10.8 Å². The minimum atomic E-state index is -0.481. The molecule has 2 saturated heterocycles. The molecule has 0 aliphatic carbocycles. The highest BCUT2D eigenvalue weighted by Gasteiger charge is 2.31. The number of pyridine rings is 1. The fourth-order valence-electron chi connectivity index (χ4n) is 4.73. The lowest BCUT2D eigenvalue weighted by Crippen LogP contribution is -2.48. The fourth-order valence-corrected chi connectivity index (χ4v) is 4.73. The summed E-state index contributed by atoms with van der Waals surface area (Å²) >= 11 is 0. The third kappa shape index (κ3) is 5.45. The van der Waals surface area contributed by atoms with E-state index in [0.29, 0.717) is 57.1 Å². The summed E-state index contributed by atoms with van der Waals surface area (Å²) in [7, 11) is 0. The average Bonchev–Trinajstić information content (AvgIpc) is 2.89. The first kappa shape index (κ1) is 25.1. The number of carbonyl (C=O) groups excluding carboxylic acids is 3. The summed E-state index contributed by atoms with van der Waals surface area (Å²) in [4.78, 5) is 58.4. The maximum atomic E-state index is 13.3. The predicted molar refractivity (Wildman–Crippen MR) is 134 cm³/mol. The van der Waals surface area contributed by atoms with E-state index in [1.165, 1.54) is 13.0 Å². The van der Waals surface area contributed by atoms with Gasteiger partial charge in [0.25, 0.3) is 11.6 Å². The average molecular weight is 495 g/mol. The topological polar surface area (TPSA) is 129 Å². The van der Waals surface area contributed by atoms with E-state index >= 15 is 0 Å². The quantitative estimate of drug-likeness (QED) is 0.499. The molecule has 0 bridgehead atoms. The number of rotatable bonds is 5. The Morgan fingerprint density at radius 2 is 1.83 bits per heavy atom. The number of piperazine rings is 1. The monoisotopic (exact) mass is 494 g/mol. The summed E-state index contributed by atoms with van der Waals surface area (Å²) in [6.45, 7) is 6.02. The molecule has 1 N–H and O–H groups in total. The number of likely N-dealkylation sites (tertiary alicyclic amines) is 1. The first-order chi connectivity index (χ1) is 17.2. The molecule has 4 rings (SSSR count). The van der Waals surface area contributed by atoms with Gasteiger partial charge in [0.2, 0.25) is 11.8 Å². The SMILES string of the molecule is CC(=O)N1CCN(c2ccc(C(=O)N3CCCC(C(=O)Nc4ncccc4C)C3)cc2[N+](=O)[O-])CC1. The van der Waals surface area contributed by atoms with Gasteiger partial charge >= 0.3 is 0 Å². The smallest absolute Gasteiger partial charge is 0.293 e. The van der Waals surface area contributed by atoms with Crippen LogP contribution in [0.25, 0.3) is 0 Å². The normalized spacial score (nSPS) is 18.1. The first-order valence-electron chi connectivity index (χ1n) is 12.0. The van der Waals surface area contributed by atoms with Gasteiger partial charge in [-0.1, -0.05) is 6.07 Å². The first-order valence-corrected chi connectivity index (χ1v) is 12.0. The summed E-state index contributed by atoms with van der Waals surface area (Å²) in [5.41, 5.74) is 1.36. The lowest BCUT2D eigenvalue weighted by molar-refractivity contribution is -0.384. The van der Waals surface area contributed by atoms with Crippen LogP contribution in [-0.2, 0) is 9.59 Å². The highest BCUT2D eigenvalue weighted by molar-refractivity contribution is 5.97. The molecule has 1 atom stereocenters. The second-order valence-electron chi connectivity index (χ2n) is 9.20. The predicted octanol–water partition coefficient (Wildman–Crippen LogP) is 2.46. The number of nitrogens with zero attached hydrogens (tertiary/aromatic N) is 5. The Bertz CT molecular complexity index is 1180. The maximum Gasteiger partial charge on any atom is 0.293 e. The lowest BCUT2D eigenvalue weighted by Gasteiger charge is -2.35. The molecule has 2 aromatic rings. The third-order valence-corrected chi connectivity index (χ3v) is 6.82. The molecule has 0 radical (unpaired) electrons. The largest absolute Gasteiger partial charge is 0.362 e. The van der Waals surface area contributed by atoms with Crippen LogP contribution in [0.2, 0.25) is 0 Å². The summed E-state index contributed by atoms with van der Waals surface area (Å²) < 4.78 is 0. The van der Waals surface area contributed by atoms with E-state index in [1.807, 2.05) is 17.9 Å². The Labute approximate surface area is 209 Å². The highest BCUT2D eigenvalue weighted by Crippen LogP contribution is 2.31. The number of nitro groups is 1. The molecule has 2 aliphatic heterocycles. The molecule has 36 heavy (non-hydrogen) atoms. The molecular weight excluding hydrogens is 464 g/mol. The van der Waals surface area contributed by atoms with Gasteiger partial charge in [0.1, 0.15) is 11.5 Å². The van der Waals surface area contributed by atoms with Gasteiger partial charge in [-0.25, -0.2) is 4.98 Å². The molecule has 0 spiro atoms. The van der Waals surface area contributed by atoms with E-state index in [4.69, 9.17) is 0 Å². The van der Waals surface area contributed by atoms with Crippen molar-refractivity contribution in [1.29, 1.82) is 0 Å².